The molecule has 0 atom stereocenters. The van der Waals surface area contributed by atoms with Crippen LogP contribution in [-0.2, 0) is 6.42 Å². The Balaban J connectivity index is 1.82. The van der Waals surface area contributed by atoms with E-state index in [0.29, 0.717) is 24.4 Å². The summed E-state index contributed by atoms with van der Waals surface area (Å²) >= 11 is 0. The maximum absolute atomic E-state index is 13.6. The zero-order chi connectivity index (χ0) is 20.3. The van der Waals surface area contributed by atoms with E-state index in [0.717, 1.165) is 11.4 Å². The highest BCUT2D eigenvalue weighted by molar-refractivity contribution is 5.99. The summed E-state index contributed by atoms with van der Waals surface area (Å²) < 4.78 is 23.8. The third-order valence-corrected chi connectivity index (χ3v) is 3.99. The second-order valence-corrected chi connectivity index (χ2v) is 6.13. The van der Waals surface area contributed by atoms with Crippen molar-refractivity contribution in [2.75, 3.05) is 19.0 Å². The van der Waals surface area contributed by atoms with Crippen LogP contribution >= 0.6 is 0 Å². The SMILES string of the molecule is COc1cc(-c2onc(NCCc3nc(C)cc(C)n3)c2C(=O)O)ccc1F. The van der Waals surface area contributed by atoms with Gasteiger partial charge >= 0.3 is 5.97 Å². The number of hydrogen-bond acceptors (Lipinski definition) is 7. The molecule has 3 aromatic rings. The topological polar surface area (TPSA) is 110 Å². The summed E-state index contributed by atoms with van der Waals surface area (Å²) in [6.45, 7) is 4.13. The summed E-state index contributed by atoms with van der Waals surface area (Å²) in [7, 11) is 1.32. The molecule has 9 heteroatoms. The number of aryl methyl sites for hydroxylation is 2. The monoisotopic (exact) mass is 386 g/mol. The number of hydrogen-bond donors (Lipinski definition) is 2. The van der Waals surface area contributed by atoms with E-state index in [-0.39, 0.29) is 22.9 Å². The van der Waals surface area contributed by atoms with Crippen LogP contribution in [0.5, 0.6) is 5.75 Å². The third-order valence-electron chi connectivity index (χ3n) is 3.99. The zero-order valence-corrected chi connectivity index (χ0v) is 15.6. The van der Waals surface area contributed by atoms with Crippen molar-refractivity contribution in [1.82, 2.24) is 15.1 Å². The van der Waals surface area contributed by atoms with Gasteiger partial charge in [-0.05, 0) is 38.1 Å². The molecule has 146 valence electrons. The lowest BCUT2D eigenvalue weighted by atomic mass is 10.1. The van der Waals surface area contributed by atoms with Crippen molar-refractivity contribution < 1.29 is 23.6 Å². The van der Waals surface area contributed by atoms with Crippen LogP contribution in [0.3, 0.4) is 0 Å². The van der Waals surface area contributed by atoms with E-state index in [1.807, 2.05) is 19.9 Å². The summed E-state index contributed by atoms with van der Waals surface area (Å²) in [6, 6.07) is 5.81. The van der Waals surface area contributed by atoms with Gasteiger partial charge in [-0.25, -0.2) is 19.2 Å². The lowest BCUT2D eigenvalue weighted by Gasteiger charge is -2.06. The van der Waals surface area contributed by atoms with Crippen molar-refractivity contribution >= 4 is 11.8 Å². The van der Waals surface area contributed by atoms with E-state index in [1.54, 1.807) is 0 Å². The molecule has 0 amide bonds. The molecule has 0 aliphatic rings. The number of halogens is 1. The van der Waals surface area contributed by atoms with E-state index in [1.165, 1.54) is 25.3 Å². The predicted molar refractivity (Wildman–Crippen MR) is 99.1 cm³/mol. The zero-order valence-electron chi connectivity index (χ0n) is 15.6. The standard InChI is InChI=1S/C19H19FN4O4/c1-10-8-11(2)23-15(22-10)6-7-21-18-16(19(25)26)17(28-24-18)12-4-5-13(20)14(9-12)27-3/h4-5,8-9H,6-7H2,1-3H3,(H,21,24)(H,25,26). The minimum atomic E-state index is -1.22. The molecule has 0 fully saturated rings. The van der Waals surface area contributed by atoms with Crippen LogP contribution in [0.25, 0.3) is 11.3 Å². The first kappa shape index (κ1) is 19.3. The van der Waals surface area contributed by atoms with Crippen LogP contribution in [0.4, 0.5) is 10.2 Å². The van der Waals surface area contributed by atoms with Gasteiger partial charge in [0.05, 0.1) is 7.11 Å². The number of anilines is 1. The van der Waals surface area contributed by atoms with Crippen molar-refractivity contribution in [3.05, 3.63) is 52.9 Å². The van der Waals surface area contributed by atoms with E-state index >= 15 is 0 Å². The Kier molecular flexibility index (Phi) is 5.53. The molecule has 0 bridgehead atoms. The summed E-state index contributed by atoms with van der Waals surface area (Å²) in [6.07, 6.45) is 0.480. The van der Waals surface area contributed by atoms with Crippen LogP contribution in [-0.4, -0.2) is 39.9 Å². The minimum Gasteiger partial charge on any atom is -0.494 e. The number of rotatable bonds is 7. The van der Waals surface area contributed by atoms with Gasteiger partial charge in [-0.15, -0.1) is 0 Å². The first-order valence-corrected chi connectivity index (χ1v) is 8.51. The van der Waals surface area contributed by atoms with Gasteiger partial charge < -0.3 is 19.7 Å². The molecule has 2 aromatic heterocycles. The van der Waals surface area contributed by atoms with Gasteiger partial charge in [0.25, 0.3) is 0 Å². The smallest absolute Gasteiger partial charge is 0.343 e. The summed E-state index contributed by atoms with van der Waals surface area (Å²) in [5, 5.41) is 16.4. The van der Waals surface area contributed by atoms with Crippen LogP contribution in [0.15, 0.2) is 28.8 Å². The highest BCUT2D eigenvalue weighted by atomic mass is 19.1. The molecule has 2 heterocycles. The number of benzene rings is 1. The average Bonchev–Trinajstić information content (AvgIpc) is 3.05. The Morgan fingerprint density at radius 3 is 2.61 bits per heavy atom. The van der Waals surface area contributed by atoms with Gasteiger partial charge in [-0.2, -0.15) is 0 Å². The Labute approximate surface area is 160 Å². The number of nitrogens with one attached hydrogen (secondary N) is 1. The molecule has 28 heavy (non-hydrogen) atoms. The molecule has 0 unspecified atom stereocenters. The normalized spacial score (nSPS) is 10.7. The summed E-state index contributed by atoms with van der Waals surface area (Å²) in [5.41, 5.74) is 1.93. The second kappa shape index (κ2) is 8.03. The van der Waals surface area contributed by atoms with Crippen molar-refractivity contribution in [2.24, 2.45) is 0 Å². The number of methoxy groups -OCH3 is 1. The number of carboxylic acid groups (broad SMARTS) is 1. The largest absolute Gasteiger partial charge is 0.494 e. The van der Waals surface area contributed by atoms with E-state index in [9.17, 15) is 14.3 Å². The second-order valence-electron chi connectivity index (χ2n) is 6.13. The molecular weight excluding hydrogens is 367 g/mol. The number of aromatic nitrogens is 3. The Morgan fingerprint density at radius 2 is 1.96 bits per heavy atom. The molecule has 0 aliphatic carbocycles. The fraction of sp³-hybridized carbons (Fsp3) is 0.263. The molecule has 0 aliphatic heterocycles. The fourth-order valence-electron chi connectivity index (χ4n) is 2.81. The molecule has 8 nitrogen and oxygen atoms in total. The van der Waals surface area contributed by atoms with Crippen LogP contribution < -0.4 is 10.1 Å². The number of carbonyl (C=O) groups is 1. The quantitative estimate of drug-likeness (QED) is 0.637. The minimum absolute atomic E-state index is 0.0101. The van der Waals surface area contributed by atoms with E-state index in [2.05, 4.69) is 20.4 Å². The Hall–Kier alpha value is -3.49. The molecular formula is C19H19FN4O4. The van der Waals surface area contributed by atoms with Crippen molar-refractivity contribution in [3.8, 4) is 17.1 Å². The van der Waals surface area contributed by atoms with Crippen LogP contribution in [0.2, 0.25) is 0 Å². The highest BCUT2D eigenvalue weighted by Crippen LogP contribution is 2.32. The first-order chi connectivity index (χ1) is 13.4. The van der Waals surface area contributed by atoms with Crippen molar-refractivity contribution in [3.63, 3.8) is 0 Å². The summed E-state index contributed by atoms with van der Waals surface area (Å²) in [5.74, 6) is -1.06. The number of aromatic carboxylic acids is 1. The van der Waals surface area contributed by atoms with Gasteiger partial charge in [-0.1, -0.05) is 5.16 Å². The molecule has 0 radical (unpaired) electrons. The molecule has 3 rings (SSSR count). The van der Waals surface area contributed by atoms with Gasteiger partial charge in [0.15, 0.2) is 28.7 Å². The van der Waals surface area contributed by atoms with Crippen molar-refractivity contribution in [2.45, 2.75) is 20.3 Å². The van der Waals surface area contributed by atoms with Crippen LogP contribution in [0, 0.1) is 19.7 Å². The van der Waals surface area contributed by atoms with Crippen molar-refractivity contribution in [1.29, 1.82) is 0 Å². The number of carboxylic acids is 1. The van der Waals surface area contributed by atoms with E-state index < -0.39 is 11.8 Å². The van der Waals surface area contributed by atoms with Gasteiger partial charge in [0, 0.05) is 29.9 Å². The molecule has 0 saturated carbocycles. The predicted octanol–water partition coefficient (Wildman–Crippen LogP) is 3.25. The molecule has 2 N–H and O–H groups in total. The Morgan fingerprint density at radius 1 is 1.25 bits per heavy atom. The van der Waals surface area contributed by atoms with E-state index in [4.69, 9.17) is 9.26 Å². The molecule has 0 saturated heterocycles. The molecule has 0 spiro atoms. The third kappa shape index (κ3) is 4.08. The van der Waals surface area contributed by atoms with Gasteiger partial charge in [0.2, 0.25) is 0 Å². The lowest BCUT2D eigenvalue weighted by molar-refractivity contribution is 0.0698. The highest BCUT2D eigenvalue weighted by Gasteiger charge is 2.24. The maximum Gasteiger partial charge on any atom is 0.343 e. The lowest BCUT2D eigenvalue weighted by Crippen LogP contribution is -2.11. The molecule has 1 aromatic carbocycles. The number of ether oxygens (including phenoxy) is 1. The maximum atomic E-state index is 13.6. The summed E-state index contributed by atoms with van der Waals surface area (Å²) in [4.78, 5) is 20.4. The number of nitrogens with zero attached hydrogens (tertiary/aromatic N) is 3. The average molecular weight is 386 g/mol. The fourth-order valence-corrected chi connectivity index (χ4v) is 2.81. The van der Waals surface area contributed by atoms with Gasteiger partial charge in [-0.3, -0.25) is 0 Å². The Bertz CT molecular complexity index is 999. The first-order valence-electron chi connectivity index (χ1n) is 8.51. The van der Waals surface area contributed by atoms with Crippen LogP contribution in [0.1, 0.15) is 27.6 Å². The van der Waals surface area contributed by atoms with Gasteiger partial charge in [0.1, 0.15) is 5.82 Å².